The number of hydrogen-bond donors (Lipinski definition) is 2. The molecule has 10 heteroatoms. The van der Waals surface area contributed by atoms with Crippen LogP contribution in [-0.4, -0.2) is 36.2 Å². The Kier molecular flexibility index (Phi) is 7.30. The van der Waals surface area contributed by atoms with Gasteiger partial charge in [0.15, 0.2) is 6.61 Å². The van der Waals surface area contributed by atoms with Gasteiger partial charge in [-0.25, -0.2) is 4.79 Å². The van der Waals surface area contributed by atoms with Crippen LogP contribution in [0.5, 0.6) is 0 Å². The average Bonchev–Trinajstić information content (AvgIpc) is 3.10. The van der Waals surface area contributed by atoms with Crippen LogP contribution in [0.3, 0.4) is 0 Å². The zero-order chi connectivity index (χ0) is 25.1. The third-order valence-corrected chi connectivity index (χ3v) is 6.83. The Hall–Kier alpha value is -3.53. The topological polar surface area (TPSA) is 122 Å². The second-order valence-electron chi connectivity index (χ2n) is 8.78. The lowest BCUT2D eigenvalue weighted by atomic mass is 9.76. The van der Waals surface area contributed by atoms with E-state index >= 15 is 0 Å². The van der Waals surface area contributed by atoms with Gasteiger partial charge < -0.3 is 4.74 Å². The average molecular weight is 542 g/mol. The van der Waals surface area contributed by atoms with Crippen LogP contribution in [-0.2, 0) is 19.1 Å². The number of carbonyl (C=O) groups excluding carboxylic acids is 5. The molecule has 1 saturated carbocycles. The lowest BCUT2D eigenvalue weighted by Crippen LogP contribution is -2.43. The van der Waals surface area contributed by atoms with Gasteiger partial charge in [0.25, 0.3) is 11.8 Å². The summed E-state index contributed by atoms with van der Waals surface area (Å²) in [5.74, 6) is -2.51. The number of nitrogens with zero attached hydrogens (tertiary/aromatic N) is 1. The van der Waals surface area contributed by atoms with Crippen LogP contribution >= 0.6 is 15.9 Å². The van der Waals surface area contributed by atoms with E-state index in [1.165, 1.54) is 29.2 Å². The standard InChI is InChI=1S/C25H24BrN3O6/c1-14-2-11-19-20(12-14)24(33)29(23(19)32)18-9-5-16(6-10-18)25(34)35-13-21(30)27-28-22(31)15-3-7-17(26)8-4-15/h3-10,14,19-20H,2,11-13H2,1H3,(H,27,30)(H,28,31)/t14-,19-,20-/m1/s1. The van der Waals surface area contributed by atoms with Crippen molar-refractivity contribution >= 4 is 51.2 Å². The van der Waals surface area contributed by atoms with Crippen molar-refractivity contribution in [2.45, 2.75) is 26.2 Å². The molecule has 2 aromatic rings. The molecule has 0 radical (unpaired) electrons. The number of anilines is 1. The number of fused-ring (bicyclic) bond motifs is 1. The summed E-state index contributed by atoms with van der Waals surface area (Å²) in [6.45, 7) is 1.49. The van der Waals surface area contributed by atoms with Crippen molar-refractivity contribution in [1.29, 1.82) is 0 Å². The first-order valence-electron chi connectivity index (χ1n) is 11.2. The Labute approximate surface area is 210 Å². The number of imide groups is 1. The van der Waals surface area contributed by atoms with Crippen LogP contribution < -0.4 is 15.8 Å². The number of amides is 4. The Morgan fingerprint density at radius 1 is 0.914 bits per heavy atom. The van der Waals surface area contributed by atoms with Gasteiger partial charge in [-0.3, -0.25) is 34.9 Å². The maximum atomic E-state index is 12.8. The minimum atomic E-state index is -0.757. The van der Waals surface area contributed by atoms with Crippen molar-refractivity contribution in [1.82, 2.24) is 10.9 Å². The van der Waals surface area contributed by atoms with E-state index in [2.05, 4.69) is 33.7 Å². The van der Waals surface area contributed by atoms with Gasteiger partial charge in [0.2, 0.25) is 11.8 Å². The number of benzene rings is 2. The van der Waals surface area contributed by atoms with Crippen molar-refractivity contribution in [3.8, 4) is 0 Å². The normalized spacial score (nSPS) is 21.3. The molecular formula is C25H24BrN3O6. The molecule has 1 heterocycles. The molecule has 1 saturated heterocycles. The summed E-state index contributed by atoms with van der Waals surface area (Å²) < 4.78 is 5.79. The fourth-order valence-corrected chi connectivity index (χ4v) is 4.71. The largest absolute Gasteiger partial charge is 0.452 e. The summed E-state index contributed by atoms with van der Waals surface area (Å²) in [4.78, 5) is 63.1. The number of halogens is 1. The molecule has 2 fully saturated rings. The predicted molar refractivity (Wildman–Crippen MR) is 129 cm³/mol. The number of ether oxygens (including phenoxy) is 1. The maximum Gasteiger partial charge on any atom is 0.338 e. The highest BCUT2D eigenvalue weighted by atomic mass is 79.9. The second-order valence-corrected chi connectivity index (χ2v) is 9.69. The molecule has 4 rings (SSSR count). The molecule has 2 aliphatic rings. The zero-order valence-electron chi connectivity index (χ0n) is 19.0. The third-order valence-electron chi connectivity index (χ3n) is 6.31. The Morgan fingerprint density at radius 2 is 1.54 bits per heavy atom. The Balaban J connectivity index is 1.28. The molecule has 182 valence electrons. The van der Waals surface area contributed by atoms with E-state index in [9.17, 15) is 24.0 Å². The van der Waals surface area contributed by atoms with Gasteiger partial charge in [-0.2, -0.15) is 0 Å². The van der Waals surface area contributed by atoms with E-state index < -0.39 is 24.4 Å². The highest BCUT2D eigenvalue weighted by Gasteiger charge is 2.49. The van der Waals surface area contributed by atoms with Crippen molar-refractivity contribution in [2.75, 3.05) is 11.5 Å². The van der Waals surface area contributed by atoms with Crippen LogP contribution in [0.4, 0.5) is 5.69 Å². The number of esters is 1. The molecule has 0 spiro atoms. The fourth-order valence-electron chi connectivity index (χ4n) is 4.44. The first kappa shape index (κ1) is 24.6. The molecule has 2 N–H and O–H groups in total. The summed E-state index contributed by atoms with van der Waals surface area (Å²) in [7, 11) is 0. The quantitative estimate of drug-likeness (QED) is 0.341. The molecule has 3 atom stereocenters. The number of carbonyl (C=O) groups is 5. The van der Waals surface area contributed by atoms with Gasteiger partial charge in [0.05, 0.1) is 23.1 Å². The van der Waals surface area contributed by atoms with Crippen LogP contribution in [0.25, 0.3) is 0 Å². The number of hydrogen-bond acceptors (Lipinski definition) is 6. The lowest BCUT2D eigenvalue weighted by molar-refractivity contribution is -0.125. The molecule has 4 amide bonds. The van der Waals surface area contributed by atoms with Crippen LogP contribution in [0.1, 0.15) is 46.9 Å². The maximum absolute atomic E-state index is 12.8. The van der Waals surface area contributed by atoms with Gasteiger partial charge in [-0.1, -0.05) is 22.9 Å². The minimum absolute atomic E-state index is 0.158. The molecule has 9 nitrogen and oxygen atoms in total. The smallest absolute Gasteiger partial charge is 0.338 e. The zero-order valence-corrected chi connectivity index (χ0v) is 20.5. The molecule has 0 bridgehead atoms. The molecule has 0 aromatic heterocycles. The molecular weight excluding hydrogens is 518 g/mol. The molecule has 2 aromatic carbocycles. The van der Waals surface area contributed by atoms with E-state index in [-0.39, 0.29) is 29.2 Å². The minimum Gasteiger partial charge on any atom is -0.452 e. The van der Waals surface area contributed by atoms with E-state index in [1.54, 1.807) is 24.3 Å². The second kappa shape index (κ2) is 10.4. The molecule has 0 unspecified atom stereocenters. The number of rotatable bonds is 5. The van der Waals surface area contributed by atoms with Crippen molar-refractivity contribution in [2.24, 2.45) is 17.8 Å². The van der Waals surface area contributed by atoms with Gasteiger partial charge in [-0.05, 0) is 73.7 Å². The van der Waals surface area contributed by atoms with Gasteiger partial charge >= 0.3 is 5.97 Å². The van der Waals surface area contributed by atoms with E-state index in [1.807, 2.05) is 0 Å². The highest BCUT2D eigenvalue weighted by Crippen LogP contribution is 2.42. The predicted octanol–water partition coefficient (Wildman–Crippen LogP) is 2.99. The van der Waals surface area contributed by atoms with Gasteiger partial charge in [0, 0.05) is 10.0 Å². The Bertz CT molecular complexity index is 1160. The van der Waals surface area contributed by atoms with Gasteiger partial charge in [-0.15, -0.1) is 0 Å². The van der Waals surface area contributed by atoms with E-state index in [4.69, 9.17) is 4.74 Å². The molecule has 1 aliphatic heterocycles. The van der Waals surface area contributed by atoms with Crippen LogP contribution in [0, 0.1) is 17.8 Å². The summed E-state index contributed by atoms with van der Waals surface area (Å²) in [6, 6.07) is 12.4. The first-order chi connectivity index (χ1) is 16.7. The van der Waals surface area contributed by atoms with Gasteiger partial charge in [0.1, 0.15) is 0 Å². The van der Waals surface area contributed by atoms with Crippen molar-refractivity contribution < 1.29 is 28.7 Å². The van der Waals surface area contributed by atoms with Crippen LogP contribution in [0.15, 0.2) is 53.0 Å². The van der Waals surface area contributed by atoms with E-state index in [0.717, 1.165) is 10.9 Å². The number of hydrazine groups is 1. The summed E-state index contributed by atoms with van der Waals surface area (Å²) in [5.41, 5.74) is 5.32. The third kappa shape index (κ3) is 5.43. The lowest BCUT2D eigenvalue weighted by Gasteiger charge is -2.25. The fraction of sp³-hybridized carbons (Fsp3) is 0.320. The summed E-state index contributed by atoms with van der Waals surface area (Å²) in [6.07, 6.45) is 2.35. The summed E-state index contributed by atoms with van der Waals surface area (Å²) in [5, 5.41) is 0. The van der Waals surface area contributed by atoms with Crippen molar-refractivity contribution in [3.05, 3.63) is 64.1 Å². The SMILES string of the molecule is C[C@@H]1CC[C@H]2C(=O)N(c3ccc(C(=O)OCC(=O)NNC(=O)c4ccc(Br)cc4)cc3)C(=O)[C@@H]2C1. The van der Waals surface area contributed by atoms with Crippen molar-refractivity contribution in [3.63, 3.8) is 0 Å². The monoisotopic (exact) mass is 541 g/mol. The number of nitrogens with one attached hydrogen (secondary N) is 2. The Morgan fingerprint density at radius 3 is 2.23 bits per heavy atom. The molecule has 35 heavy (non-hydrogen) atoms. The van der Waals surface area contributed by atoms with Crippen LogP contribution in [0.2, 0.25) is 0 Å². The molecule has 1 aliphatic carbocycles. The summed E-state index contributed by atoms with van der Waals surface area (Å²) >= 11 is 3.27. The van der Waals surface area contributed by atoms with E-state index in [0.29, 0.717) is 30.0 Å². The first-order valence-corrected chi connectivity index (χ1v) is 12.0. The highest BCUT2D eigenvalue weighted by molar-refractivity contribution is 9.10.